The Morgan fingerprint density at radius 3 is 2.70 bits per heavy atom. The third-order valence-electron chi connectivity index (χ3n) is 5.16. The molecule has 0 bridgehead atoms. The lowest BCUT2D eigenvalue weighted by molar-refractivity contribution is -0.137. The number of carbonyl (C=O) groups is 1. The highest BCUT2D eigenvalue weighted by atomic mass is 16.5. The largest absolute Gasteiger partial charge is 0.497 e. The molecule has 2 fully saturated rings. The SMILES string of the molecule is COc1ccc(CCN2CCCC(N3CCCCC3=O)C2)cc1. The minimum Gasteiger partial charge on any atom is -0.497 e. The van der Waals surface area contributed by atoms with Crippen molar-refractivity contribution in [2.45, 2.75) is 44.6 Å². The van der Waals surface area contributed by atoms with Gasteiger partial charge in [-0.25, -0.2) is 0 Å². The maximum Gasteiger partial charge on any atom is 0.222 e. The molecule has 1 unspecified atom stereocenters. The summed E-state index contributed by atoms with van der Waals surface area (Å²) in [5.74, 6) is 1.29. The van der Waals surface area contributed by atoms with E-state index in [-0.39, 0.29) is 0 Å². The van der Waals surface area contributed by atoms with Crippen molar-refractivity contribution < 1.29 is 9.53 Å². The third-order valence-corrected chi connectivity index (χ3v) is 5.16. The minimum absolute atomic E-state index is 0.373. The van der Waals surface area contributed by atoms with Crippen molar-refractivity contribution in [3.05, 3.63) is 29.8 Å². The van der Waals surface area contributed by atoms with Crippen molar-refractivity contribution in [3.63, 3.8) is 0 Å². The first-order valence-electron chi connectivity index (χ1n) is 8.91. The number of likely N-dealkylation sites (tertiary alicyclic amines) is 2. The van der Waals surface area contributed by atoms with Crippen LogP contribution < -0.4 is 4.74 Å². The molecule has 0 saturated carbocycles. The van der Waals surface area contributed by atoms with Gasteiger partial charge in [0.1, 0.15) is 5.75 Å². The molecule has 1 aromatic rings. The number of nitrogens with zero attached hydrogens (tertiary/aromatic N) is 2. The zero-order chi connectivity index (χ0) is 16.1. The number of piperidine rings is 2. The molecule has 2 aliphatic rings. The summed E-state index contributed by atoms with van der Waals surface area (Å²) in [6, 6.07) is 8.79. The van der Waals surface area contributed by atoms with Gasteiger partial charge in [0.05, 0.1) is 7.11 Å². The highest BCUT2D eigenvalue weighted by molar-refractivity contribution is 5.77. The van der Waals surface area contributed by atoms with Gasteiger partial charge < -0.3 is 14.5 Å². The standard InChI is InChI=1S/C19H28N2O2/c1-23-18-9-7-16(8-10-18)11-14-20-12-4-5-17(15-20)21-13-3-2-6-19(21)22/h7-10,17H,2-6,11-15H2,1H3. The number of methoxy groups -OCH3 is 1. The van der Waals surface area contributed by atoms with E-state index in [9.17, 15) is 4.79 Å². The molecule has 0 radical (unpaired) electrons. The fourth-order valence-electron chi connectivity index (χ4n) is 3.78. The molecule has 126 valence electrons. The van der Waals surface area contributed by atoms with E-state index in [2.05, 4.69) is 21.9 Å². The molecule has 0 aromatic heterocycles. The van der Waals surface area contributed by atoms with E-state index in [0.29, 0.717) is 11.9 Å². The number of hydrogen-bond acceptors (Lipinski definition) is 3. The number of benzene rings is 1. The van der Waals surface area contributed by atoms with Crippen molar-refractivity contribution in [1.29, 1.82) is 0 Å². The van der Waals surface area contributed by atoms with Gasteiger partial charge in [0, 0.05) is 32.1 Å². The fraction of sp³-hybridized carbons (Fsp3) is 0.632. The van der Waals surface area contributed by atoms with Crippen molar-refractivity contribution in [1.82, 2.24) is 9.80 Å². The zero-order valence-corrected chi connectivity index (χ0v) is 14.2. The quantitative estimate of drug-likeness (QED) is 0.837. The smallest absolute Gasteiger partial charge is 0.222 e. The van der Waals surface area contributed by atoms with Gasteiger partial charge in [0.25, 0.3) is 0 Å². The molecule has 23 heavy (non-hydrogen) atoms. The molecule has 1 amide bonds. The first-order chi connectivity index (χ1) is 11.3. The molecule has 4 heteroatoms. The van der Waals surface area contributed by atoms with Crippen molar-refractivity contribution in [3.8, 4) is 5.75 Å². The van der Waals surface area contributed by atoms with Crippen LogP contribution in [-0.4, -0.2) is 55.0 Å². The molecule has 2 heterocycles. The Balaban J connectivity index is 1.50. The number of hydrogen-bond donors (Lipinski definition) is 0. The van der Waals surface area contributed by atoms with Crippen molar-refractivity contribution in [2.75, 3.05) is 33.3 Å². The number of amides is 1. The third kappa shape index (κ3) is 4.25. The Labute approximate surface area is 139 Å². The number of rotatable bonds is 5. The van der Waals surface area contributed by atoms with Crippen LogP contribution in [0.3, 0.4) is 0 Å². The van der Waals surface area contributed by atoms with Crippen LogP contribution in [0.5, 0.6) is 5.75 Å². The molecule has 2 saturated heterocycles. The van der Waals surface area contributed by atoms with E-state index in [0.717, 1.165) is 51.2 Å². The number of carbonyl (C=O) groups excluding carboxylic acids is 1. The second-order valence-corrected chi connectivity index (χ2v) is 6.74. The molecular weight excluding hydrogens is 288 g/mol. The maximum atomic E-state index is 12.1. The minimum atomic E-state index is 0.373. The van der Waals surface area contributed by atoms with Crippen LogP contribution >= 0.6 is 0 Å². The fourth-order valence-corrected chi connectivity index (χ4v) is 3.78. The summed E-state index contributed by atoms with van der Waals surface area (Å²) < 4.78 is 5.21. The molecule has 1 aromatic carbocycles. The second kappa shape index (κ2) is 7.82. The topological polar surface area (TPSA) is 32.8 Å². The van der Waals surface area contributed by atoms with Crippen molar-refractivity contribution >= 4 is 5.91 Å². The predicted molar refractivity (Wildman–Crippen MR) is 91.7 cm³/mol. The normalized spacial score (nSPS) is 23.1. The average Bonchev–Trinajstić information content (AvgIpc) is 2.61. The van der Waals surface area contributed by atoms with Crippen LogP contribution in [0.1, 0.15) is 37.7 Å². The van der Waals surface area contributed by atoms with E-state index in [4.69, 9.17) is 4.74 Å². The Bertz CT molecular complexity index is 515. The van der Waals surface area contributed by atoms with Crippen LogP contribution in [0.25, 0.3) is 0 Å². The van der Waals surface area contributed by atoms with Gasteiger partial charge in [-0.1, -0.05) is 12.1 Å². The lowest BCUT2D eigenvalue weighted by Crippen LogP contribution is -2.51. The summed E-state index contributed by atoms with van der Waals surface area (Å²) >= 11 is 0. The van der Waals surface area contributed by atoms with Crippen LogP contribution in [0.15, 0.2) is 24.3 Å². The predicted octanol–water partition coefficient (Wildman–Crippen LogP) is 2.71. The highest BCUT2D eigenvalue weighted by Crippen LogP contribution is 2.21. The summed E-state index contributed by atoms with van der Waals surface area (Å²) in [6.45, 7) is 4.25. The van der Waals surface area contributed by atoms with E-state index >= 15 is 0 Å². The Morgan fingerprint density at radius 2 is 1.96 bits per heavy atom. The van der Waals surface area contributed by atoms with E-state index in [1.165, 1.54) is 24.8 Å². The van der Waals surface area contributed by atoms with Gasteiger partial charge in [-0.05, 0) is 56.3 Å². The lowest BCUT2D eigenvalue weighted by Gasteiger charge is -2.41. The van der Waals surface area contributed by atoms with Crippen LogP contribution in [0.4, 0.5) is 0 Å². The summed E-state index contributed by atoms with van der Waals surface area (Å²) in [7, 11) is 1.70. The monoisotopic (exact) mass is 316 g/mol. The average molecular weight is 316 g/mol. The van der Waals surface area contributed by atoms with Gasteiger partial charge in [-0.15, -0.1) is 0 Å². The summed E-state index contributed by atoms with van der Waals surface area (Å²) in [5.41, 5.74) is 1.35. The molecule has 3 rings (SSSR count). The molecule has 2 aliphatic heterocycles. The molecule has 1 atom stereocenters. The molecule has 0 aliphatic carbocycles. The highest BCUT2D eigenvalue weighted by Gasteiger charge is 2.29. The van der Waals surface area contributed by atoms with Gasteiger partial charge >= 0.3 is 0 Å². The Morgan fingerprint density at radius 1 is 1.13 bits per heavy atom. The molecular formula is C19H28N2O2. The Kier molecular flexibility index (Phi) is 5.55. The number of ether oxygens (including phenoxy) is 1. The zero-order valence-electron chi connectivity index (χ0n) is 14.2. The van der Waals surface area contributed by atoms with E-state index < -0.39 is 0 Å². The van der Waals surface area contributed by atoms with Gasteiger partial charge in [0.15, 0.2) is 0 Å². The van der Waals surface area contributed by atoms with Crippen LogP contribution in [-0.2, 0) is 11.2 Å². The van der Waals surface area contributed by atoms with Gasteiger partial charge in [-0.2, -0.15) is 0 Å². The maximum absolute atomic E-state index is 12.1. The van der Waals surface area contributed by atoms with Gasteiger partial charge in [-0.3, -0.25) is 4.79 Å². The molecule has 0 N–H and O–H groups in total. The van der Waals surface area contributed by atoms with Crippen LogP contribution in [0, 0.1) is 0 Å². The summed E-state index contributed by atoms with van der Waals surface area (Å²) in [5, 5.41) is 0. The first-order valence-corrected chi connectivity index (χ1v) is 8.91. The second-order valence-electron chi connectivity index (χ2n) is 6.74. The van der Waals surface area contributed by atoms with Gasteiger partial charge in [0.2, 0.25) is 5.91 Å². The Hall–Kier alpha value is -1.55. The lowest BCUT2D eigenvalue weighted by atomic mass is 10.00. The summed E-state index contributed by atoms with van der Waals surface area (Å²) in [6.07, 6.45) is 6.44. The van der Waals surface area contributed by atoms with Crippen molar-refractivity contribution in [2.24, 2.45) is 0 Å². The molecule has 4 nitrogen and oxygen atoms in total. The van der Waals surface area contributed by atoms with Crippen LogP contribution in [0.2, 0.25) is 0 Å². The molecule has 0 spiro atoms. The van der Waals surface area contributed by atoms with E-state index in [1.54, 1.807) is 7.11 Å². The van der Waals surface area contributed by atoms with E-state index in [1.807, 2.05) is 12.1 Å². The summed E-state index contributed by atoms with van der Waals surface area (Å²) in [4.78, 5) is 16.8. The first kappa shape index (κ1) is 16.3.